The molecule has 0 amide bonds. The molecule has 1 N–H and O–H groups in total. The molecule has 0 aliphatic heterocycles. The zero-order chi connectivity index (χ0) is 6.81. The highest BCUT2D eigenvalue weighted by atomic mass is 15.6. The van der Waals surface area contributed by atoms with E-state index in [1.807, 2.05) is 0 Å². The average molecular weight is 137 g/mol. The SMILES string of the molecule is c1n[nH]c(-n2cnnn2)n1. The Morgan fingerprint density at radius 1 is 1.50 bits per heavy atom. The summed E-state index contributed by atoms with van der Waals surface area (Å²) in [5.74, 6) is 0.505. The second-order valence-electron chi connectivity index (χ2n) is 1.56. The highest BCUT2D eigenvalue weighted by molar-refractivity contribution is 4.99. The summed E-state index contributed by atoms with van der Waals surface area (Å²) in [5, 5.41) is 16.7. The Balaban J connectivity index is 2.48. The molecule has 2 heterocycles. The van der Waals surface area contributed by atoms with Crippen LogP contribution in [0.5, 0.6) is 0 Å². The second-order valence-corrected chi connectivity index (χ2v) is 1.56. The Hall–Kier alpha value is -1.79. The van der Waals surface area contributed by atoms with Gasteiger partial charge in [-0.2, -0.15) is 14.8 Å². The minimum atomic E-state index is 0.505. The predicted octanol–water partition coefficient (Wildman–Crippen LogP) is -1.22. The van der Waals surface area contributed by atoms with Crippen LogP contribution in [0.3, 0.4) is 0 Å². The fourth-order valence-electron chi connectivity index (χ4n) is 0.568. The van der Waals surface area contributed by atoms with Gasteiger partial charge in [0.05, 0.1) is 0 Å². The van der Waals surface area contributed by atoms with Gasteiger partial charge in [0.2, 0.25) is 5.95 Å². The zero-order valence-electron chi connectivity index (χ0n) is 4.84. The number of nitrogens with one attached hydrogen (secondary N) is 1. The topological polar surface area (TPSA) is 85.2 Å². The molecule has 0 saturated heterocycles. The second kappa shape index (κ2) is 1.87. The van der Waals surface area contributed by atoms with Gasteiger partial charge in [-0.05, 0) is 10.4 Å². The van der Waals surface area contributed by atoms with Crippen LogP contribution in [0, 0.1) is 0 Å². The van der Waals surface area contributed by atoms with Crippen molar-refractivity contribution in [2.45, 2.75) is 0 Å². The van der Waals surface area contributed by atoms with Crippen molar-refractivity contribution in [3.05, 3.63) is 12.7 Å². The first kappa shape index (κ1) is 5.03. The van der Waals surface area contributed by atoms with E-state index in [4.69, 9.17) is 0 Å². The number of hydrogen-bond acceptors (Lipinski definition) is 5. The number of rotatable bonds is 1. The van der Waals surface area contributed by atoms with Gasteiger partial charge in [-0.3, -0.25) is 0 Å². The van der Waals surface area contributed by atoms with E-state index < -0.39 is 0 Å². The van der Waals surface area contributed by atoms with E-state index in [1.54, 1.807) is 0 Å². The van der Waals surface area contributed by atoms with Crippen LogP contribution in [-0.2, 0) is 0 Å². The zero-order valence-corrected chi connectivity index (χ0v) is 4.84. The highest BCUT2D eigenvalue weighted by Gasteiger charge is 1.97. The Bertz CT molecular complexity index is 248. The van der Waals surface area contributed by atoms with Crippen molar-refractivity contribution in [1.29, 1.82) is 0 Å². The predicted molar refractivity (Wildman–Crippen MR) is 29.1 cm³/mol. The molecule has 7 heteroatoms. The van der Waals surface area contributed by atoms with E-state index in [9.17, 15) is 0 Å². The van der Waals surface area contributed by atoms with Crippen LogP contribution in [0.15, 0.2) is 12.7 Å². The van der Waals surface area contributed by atoms with Gasteiger partial charge < -0.3 is 0 Å². The van der Waals surface area contributed by atoms with Crippen LogP contribution in [0.2, 0.25) is 0 Å². The fourth-order valence-corrected chi connectivity index (χ4v) is 0.568. The van der Waals surface area contributed by atoms with Crippen molar-refractivity contribution in [2.24, 2.45) is 0 Å². The smallest absolute Gasteiger partial charge is 0.244 e. The standard InChI is InChI=1S/C3H3N7/c1-4-3(7-5-1)10-2-6-8-9-10/h1-2H,(H,4,5,7). The number of hydrogen-bond donors (Lipinski definition) is 1. The highest BCUT2D eigenvalue weighted by Crippen LogP contribution is 1.88. The molecular weight excluding hydrogens is 134 g/mol. The van der Waals surface area contributed by atoms with E-state index in [-0.39, 0.29) is 0 Å². The van der Waals surface area contributed by atoms with Crippen LogP contribution < -0.4 is 0 Å². The average Bonchev–Trinajstić information content (AvgIpc) is 2.59. The lowest BCUT2D eigenvalue weighted by atomic mass is 11.0. The fraction of sp³-hybridized carbons (Fsp3) is 0. The van der Waals surface area contributed by atoms with Gasteiger partial charge >= 0.3 is 0 Å². The summed E-state index contributed by atoms with van der Waals surface area (Å²) in [7, 11) is 0. The summed E-state index contributed by atoms with van der Waals surface area (Å²) in [4.78, 5) is 3.81. The molecule has 0 fully saturated rings. The Morgan fingerprint density at radius 3 is 3.10 bits per heavy atom. The van der Waals surface area contributed by atoms with Crippen LogP contribution >= 0.6 is 0 Å². The molecule has 0 spiro atoms. The van der Waals surface area contributed by atoms with Crippen molar-refractivity contribution in [3.8, 4) is 5.95 Å². The summed E-state index contributed by atoms with van der Waals surface area (Å²) in [6.07, 6.45) is 2.82. The molecular formula is C3H3N7. The van der Waals surface area contributed by atoms with Crippen LogP contribution in [0.25, 0.3) is 5.95 Å². The summed E-state index contributed by atoms with van der Waals surface area (Å²) in [6.45, 7) is 0. The van der Waals surface area contributed by atoms with E-state index in [1.165, 1.54) is 17.3 Å². The summed E-state index contributed by atoms with van der Waals surface area (Å²) >= 11 is 0. The van der Waals surface area contributed by atoms with Crippen molar-refractivity contribution < 1.29 is 0 Å². The molecule has 2 rings (SSSR count). The maximum atomic E-state index is 3.81. The van der Waals surface area contributed by atoms with Gasteiger partial charge in [-0.1, -0.05) is 0 Å². The Labute approximate surface area is 55.1 Å². The normalized spacial score (nSPS) is 10.0. The first-order valence-corrected chi connectivity index (χ1v) is 2.55. The molecule has 7 nitrogen and oxygen atoms in total. The van der Waals surface area contributed by atoms with Gasteiger partial charge in [0, 0.05) is 0 Å². The van der Waals surface area contributed by atoms with Gasteiger partial charge in [-0.25, -0.2) is 5.10 Å². The lowest BCUT2D eigenvalue weighted by Gasteiger charge is -1.85. The number of tetrazole rings is 1. The van der Waals surface area contributed by atoms with Crippen LogP contribution in [0.4, 0.5) is 0 Å². The lowest BCUT2D eigenvalue weighted by molar-refractivity contribution is 0.751. The first-order valence-electron chi connectivity index (χ1n) is 2.55. The largest absolute Gasteiger partial charge is 0.249 e. The molecule has 0 atom stereocenters. The maximum Gasteiger partial charge on any atom is 0.249 e. The molecule has 2 aromatic heterocycles. The van der Waals surface area contributed by atoms with E-state index in [2.05, 4.69) is 30.7 Å². The molecule has 0 aromatic carbocycles. The van der Waals surface area contributed by atoms with Crippen LogP contribution in [-0.4, -0.2) is 35.4 Å². The van der Waals surface area contributed by atoms with Crippen molar-refractivity contribution in [1.82, 2.24) is 35.4 Å². The summed E-state index contributed by atoms with van der Waals surface area (Å²) in [6, 6.07) is 0. The lowest BCUT2D eigenvalue weighted by Crippen LogP contribution is -1.96. The van der Waals surface area contributed by atoms with Gasteiger partial charge in [0.25, 0.3) is 0 Å². The third kappa shape index (κ3) is 0.642. The minimum absolute atomic E-state index is 0.505. The molecule has 0 aliphatic rings. The number of H-pyrrole nitrogens is 1. The quantitative estimate of drug-likeness (QED) is 0.532. The number of nitrogens with zero attached hydrogens (tertiary/aromatic N) is 6. The number of aromatic amines is 1. The summed E-state index contributed by atoms with van der Waals surface area (Å²) in [5.41, 5.74) is 0. The third-order valence-electron chi connectivity index (χ3n) is 0.968. The minimum Gasteiger partial charge on any atom is -0.244 e. The molecule has 50 valence electrons. The number of aromatic nitrogens is 7. The van der Waals surface area contributed by atoms with E-state index >= 15 is 0 Å². The molecule has 0 radical (unpaired) electrons. The van der Waals surface area contributed by atoms with Gasteiger partial charge in [-0.15, -0.1) is 5.10 Å². The third-order valence-corrected chi connectivity index (χ3v) is 0.968. The summed E-state index contributed by atoms with van der Waals surface area (Å²) < 4.78 is 1.38. The van der Waals surface area contributed by atoms with Crippen molar-refractivity contribution >= 4 is 0 Å². The van der Waals surface area contributed by atoms with E-state index in [0.717, 1.165) is 0 Å². The van der Waals surface area contributed by atoms with Gasteiger partial charge in [0.15, 0.2) is 0 Å². The first-order chi connectivity index (χ1) is 4.97. The van der Waals surface area contributed by atoms with E-state index in [0.29, 0.717) is 5.95 Å². The Kier molecular flexibility index (Phi) is 0.938. The Morgan fingerprint density at radius 2 is 2.50 bits per heavy atom. The molecule has 0 aliphatic carbocycles. The molecule has 2 aromatic rings. The molecule has 10 heavy (non-hydrogen) atoms. The molecule has 0 unspecified atom stereocenters. The molecule has 0 saturated carbocycles. The maximum absolute atomic E-state index is 3.81. The van der Waals surface area contributed by atoms with Crippen LogP contribution in [0.1, 0.15) is 0 Å². The van der Waals surface area contributed by atoms with Gasteiger partial charge in [0.1, 0.15) is 12.7 Å². The monoisotopic (exact) mass is 137 g/mol. The van der Waals surface area contributed by atoms with Crippen molar-refractivity contribution in [2.75, 3.05) is 0 Å². The van der Waals surface area contributed by atoms with Crippen molar-refractivity contribution in [3.63, 3.8) is 0 Å². The molecule has 0 bridgehead atoms.